The third-order valence-corrected chi connectivity index (χ3v) is 5.46. The minimum atomic E-state index is 0.223. The largest absolute Gasteiger partial charge is 0.340 e. The van der Waals surface area contributed by atoms with Gasteiger partial charge >= 0.3 is 0 Å². The molecule has 27 heavy (non-hydrogen) atoms. The number of carbonyl (C=O) groups excluding carboxylic acids is 1. The smallest absolute Gasteiger partial charge is 0.228 e. The Morgan fingerprint density at radius 2 is 1.85 bits per heavy atom. The number of amides is 1. The molecule has 1 aromatic carbocycles. The summed E-state index contributed by atoms with van der Waals surface area (Å²) in [6, 6.07) is 10.1. The second-order valence-electron chi connectivity index (χ2n) is 7.57. The molecule has 6 nitrogen and oxygen atoms in total. The number of rotatable bonds is 4. The summed E-state index contributed by atoms with van der Waals surface area (Å²) in [4.78, 5) is 26.0. The van der Waals surface area contributed by atoms with Crippen LogP contribution in [0.2, 0.25) is 0 Å². The van der Waals surface area contributed by atoms with Crippen LogP contribution in [0.3, 0.4) is 0 Å². The van der Waals surface area contributed by atoms with Crippen LogP contribution in [0.15, 0.2) is 36.5 Å². The van der Waals surface area contributed by atoms with E-state index < -0.39 is 0 Å². The number of hydrogen-bond donors (Lipinski definition) is 1. The number of nitrogens with one attached hydrogen (secondary N) is 1. The van der Waals surface area contributed by atoms with Crippen molar-refractivity contribution in [3.05, 3.63) is 42.1 Å². The van der Waals surface area contributed by atoms with Crippen LogP contribution in [0, 0.1) is 12.8 Å². The van der Waals surface area contributed by atoms with Crippen LogP contribution in [-0.2, 0) is 4.79 Å². The van der Waals surface area contributed by atoms with Crippen LogP contribution in [0.5, 0.6) is 0 Å². The van der Waals surface area contributed by atoms with Gasteiger partial charge < -0.3 is 15.1 Å². The second-order valence-corrected chi connectivity index (χ2v) is 7.57. The van der Waals surface area contributed by atoms with E-state index in [1.807, 2.05) is 23.1 Å². The average Bonchev–Trinajstić information content (AvgIpc) is 3.24. The van der Waals surface area contributed by atoms with Crippen LogP contribution in [0.25, 0.3) is 0 Å². The van der Waals surface area contributed by atoms with Crippen LogP contribution in [-0.4, -0.2) is 40.5 Å². The summed E-state index contributed by atoms with van der Waals surface area (Å²) >= 11 is 0. The van der Waals surface area contributed by atoms with Crippen LogP contribution in [0.4, 0.5) is 17.5 Å². The summed E-state index contributed by atoms with van der Waals surface area (Å²) in [5, 5.41) is 3.33. The molecule has 1 saturated carbocycles. The molecule has 4 rings (SSSR count). The Morgan fingerprint density at radius 1 is 1.07 bits per heavy atom. The van der Waals surface area contributed by atoms with Crippen molar-refractivity contribution in [2.24, 2.45) is 5.92 Å². The molecular formula is C21H27N5O. The molecule has 1 aliphatic carbocycles. The average molecular weight is 365 g/mol. The minimum absolute atomic E-state index is 0.223. The van der Waals surface area contributed by atoms with Gasteiger partial charge in [0, 0.05) is 30.9 Å². The molecule has 0 radical (unpaired) electrons. The summed E-state index contributed by atoms with van der Waals surface area (Å²) in [6.45, 7) is 4.38. The van der Waals surface area contributed by atoms with Gasteiger partial charge in [0.05, 0.1) is 6.67 Å². The van der Waals surface area contributed by atoms with Gasteiger partial charge in [-0.1, -0.05) is 30.5 Å². The van der Waals surface area contributed by atoms with Crippen molar-refractivity contribution in [3.63, 3.8) is 0 Å². The van der Waals surface area contributed by atoms with Crippen molar-refractivity contribution in [2.75, 3.05) is 30.0 Å². The van der Waals surface area contributed by atoms with Crippen molar-refractivity contribution in [1.29, 1.82) is 0 Å². The summed E-state index contributed by atoms with van der Waals surface area (Å²) in [7, 11) is 0. The number of benzene rings is 1. The topological polar surface area (TPSA) is 61.4 Å². The van der Waals surface area contributed by atoms with E-state index in [9.17, 15) is 4.79 Å². The van der Waals surface area contributed by atoms with Gasteiger partial charge in [0.1, 0.15) is 5.82 Å². The SMILES string of the molecule is Cc1ccc(Nc2ccnc(N3CCCN(C(=O)C4CCCC4)C3)n2)cc1. The highest BCUT2D eigenvalue weighted by Gasteiger charge is 2.30. The Balaban J connectivity index is 1.44. The molecule has 1 saturated heterocycles. The third-order valence-electron chi connectivity index (χ3n) is 5.46. The van der Waals surface area contributed by atoms with Crippen LogP contribution in [0.1, 0.15) is 37.7 Å². The van der Waals surface area contributed by atoms with Crippen molar-refractivity contribution in [1.82, 2.24) is 14.9 Å². The van der Waals surface area contributed by atoms with Gasteiger partial charge in [0.25, 0.3) is 0 Å². The summed E-state index contributed by atoms with van der Waals surface area (Å²) < 4.78 is 0. The minimum Gasteiger partial charge on any atom is -0.340 e. The first-order chi connectivity index (χ1) is 13.2. The van der Waals surface area contributed by atoms with E-state index in [4.69, 9.17) is 0 Å². The fourth-order valence-electron chi connectivity index (χ4n) is 3.93. The van der Waals surface area contributed by atoms with E-state index in [1.54, 1.807) is 6.20 Å². The maximum absolute atomic E-state index is 12.8. The molecule has 2 heterocycles. The fourth-order valence-corrected chi connectivity index (χ4v) is 3.93. The van der Waals surface area contributed by atoms with Gasteiger partial charge in [0.15, 0.2) is 0 Å². The molecule has 0 spiro atoms. The lowest BCUT2D eigenvalue weighted by molar-refractivity contribution is -0.136. The number of carbonyl (C=O) groups is 1. The first-order valence-corrected chi connectivity index (χ1v) is 9.89. The molecule has 2 fully saturated rings. The fraction of sp³-hybridized carbons (Fsp3) is 0.476. The Morgan fingerprint density at radius 3 is 2.63 bits per heavy atom. The van der Waals surface area contributed by atoms with E-state index in [1.165, 1.54) is 18.4 Å². The molecule has 0 atom stereocenters. The van der Waals surface area contributed by atoms with Gasteiger partial charge in [-0.25, -0.2) is 4.98 Å². The van der Waals surface area contributed by atoms with E-state index in [0.717, 1.165) is 43.9 Å². The number of aryl methyl sites for hydroxylation is 1. The van der Waals surface area contributed by atoms with Crippen LogP contribution >= 0.6 is 0 Å². The first kappa shape index (κ1) is 17.8. The maximum Gasteiger partial charge on any atom is 0.228 e. The summed E-state index contributed by atoms with van der Waals surface area (Å²) in [5.74, 6) is 1.98. The normalized spacial score (nSPS) is 18.0. The van der Waals surface area contributed by atoms with E-state index >= 15 is 0 Å². The Kier molecular flexibility index (Phi) is 5.23. The first-order valence-electron chi connectivity index (χ1n) is 9.89. The number of hydrogen-bond acceptors (Lipinski definition) is 5. The molecule has 1 aliphatic heterocycles. The number of anilines is 3. The Bertz CT molecular complexity index is 785. The van der Waals surface area contributed by atoms with Gasteiger partial charge in [-0.2, -0.15) is 4.98 Å². The standard InChI is InChI=1S/C21H27N5O/c1-16-7-9-18(10-8-16)23-19-11-12-22-21(24-19)26-14-4-13-25(15-26)20(27)17-5-2-3-6-17/h7-12,17H,2-6,13-15H2,1H3,(H,22,23,24). The van der Waals surface area contributed by atoms with Gasteiger partial charge in [-0.15, -0.1) is 0 Å². The van der Waals surface area contributed by atoms with Crippen molar-refractivity contribution in [2.45, 2.75) is 39.0 Å². The van der Waals surface area contributed by atoms with E-state index in [-0.39, 0.29) is 5.92 Å². The van der Waals surface area contributed by atoms with Crippen molar-refractivity contribution >= 4 is 23.4 Å². The lowest BCUT2D eigenvalue weighted by Crippen LogP contribution is -2.49. The molecule has 0 unspecified atom stereocenters. The van der Waals surface area contributed by atoms with E-state index in [0.29, 0.717) is 18.5 Å². The zero-order valence-corrected chi connectivity index (χ0v) is 15.9. The molecule has 2 aliphatic rings. The Labute approximate surface area is 160 Å². The number of nitrogens with zero attached hydrogens (tertiary/aromatic N) is 4. The van der Waals surface area contributed by atoms with Gasteiger partial charge in [0.2, 0.25) is 11.9 Å². The predicted octanol–water partition coefficient (Wildman–Crippen LogP) is 3.72. The summed E-state index contributed by atoms with van der Waals surface area (Å²) in [5.41, 5.74) is 2.23. The zero-order valence-electron chi connectivity index (χ0n) is 15.9. The highest BCUT2D eigenvalue weighted by atomic mass is 16.2. The molecular weight excluding hydrogens is 338 g/mol. The van der Waals surface area contributed by atoms with Crippen molar-refractivity contribution < 1.29 is 4.79 Å². The van der Waals surface area contributed by atoms with E-state index in [2.05, 4.69) is 39.2 Å². The quantitative estimate of drug-likeness (QED) is 0.895. The molecule has 1 aromatic heterocycles. The predicted molar refractivity (Wildman–Crippen MR) is 107 cm³/mol. The molecule has 6 heteroatoms. The summed E-state index contributed by atoms with van der Waals surface area (Å²) in [6.07, 6.45) is 7.19. The zero-order chi connectivity index (χ0) is 18.6. The van der Waals surface area contributed by atoms with Crippen LogP contribution < -0.4 is 10.2 Å². The lowest BCUT2D eigenvalue weighted by atomic mass is 10.1. The Hall–Kier alpha value is -2.63. The molecule has 0 bridgehead atoms. The second kappa shape index (κ2) is 7.94. The van der Waals surface area contributed by atoms with Gasteiger partial charge in [-0.3, -0.25) is 4.79 Å². The highest BCUT2D eigenvalue weighted by molar-refractivity contribution is 5.79. The molecule has 2 aromatic rings. The number of aromatic nitrogens is 2. The monoisotopic (exact) mass is 365 g/mol. The highest BCUT2D eigenvalue weighted by Crippen LogP contribution is 2.28. The van der Waals surface area contributed by atoms with Gasteiger partial charge in [-0.05, 0) is 44.4 Å². The van der Waals surface area contributed by atoms with Crippen molar-refractivity contribution in [3.8, 4) is 0 Å². The molecule has 1 amide bonds. The maximum atomic E-state index is 12.8. The lowest BCUT2D eigenvalue weighted by Gasteiger charge is -2.36. The molecule has 1 N–H and O–H groups in total. The molecule has 142 valence electrons. The third kappa shape index (κ3) is 4.21.